The summed E-state index contributed by atoms with van der Waals surface area (Å²) in [5.41, 5.74) is 0.723. The van der Waals surface area contributed by atoms with Gasteiger partial charge in [0.05, 0.1) is 12.2 Å². The first-order chi connectivity index (χ1) is 8.63. The van der Waals surface area contributed by atoms with Gasteiger partial charge in [0.25, 0.3) is 0 Å². The molecule has 0 bridgehead atoms. The number of carbonyl (C=O) groups is 2. The van der Waals surface area contributed by atoms with Crippen LogP contribution < -0.4 is 10.6 Å². The van der Waals surface area contributed by atoms with Crippen molar-refractivity contribution < 1.29 is 9.59 Å². The minimum atomic E-state index is -0.621. The average molecular weight is 249 g/mol. The SMILES string of the molecule is CC[C@@H](C)CNC(=O)C(=O)NCc1ccccn1. The van der Waals surface area contributed by atoms with Crippen LogP contribution in [0.3, 0.4) is 0 Å². The number of nitrogens with zero attached hydrogens (tertiary/aromatic N) is 1. The highest BCUT2D eigenvalue weighted by atomic mass is 16.2. The Bertz CT molecular complexity index is 392. The molecular weight excluding hydrogens is 230 g/mol. The monoisotopic (exact) mass is 249 g/mol. The second kappa shape index (κ2) is 7.42. The highest BCUT2D eigenvalue weighted by molar-refractivity contribution is 6.35. The molecule has 5 heteroatoms. The number of pyridine rings is 1. The van der Waals surface area contributed by atoms with Gasteiger partial charge in [-0.3, -0.25) is 14.6 Å². The highest BCUT2D eigenvalue weighted by Gasteiger charge is 2.13. The van der Waals surface area contributed by atoms with E-state index in [4.69, 9.17) is 0 Å². The molecule has 1 aromatic rings. The fourth-order valence-corrected chi connectivity index (χ4v) is 1.25. The lowest BCUT2D eigenvalue weighted by Crippen LogP contribution is -2.41. The summed E-state index contributed by atoms with van der Waals surface area (Å²) in [5.74, 6) is -0.840. The third-order valence-corrected chi connectivity index (χ3v) is 2.67. The lowest BCUT2D eigenvalue weighted by molar-refractivity contribution is -0.139. The first kappa shape index (κ1) is 14.2. The van der Waals surface area contributed by atoms with Gasteiger partial charge in [-0.05, 0) is 18.1 Å². The van der Waals surface area contributed by atoms with Crippen molar-refractivity contribution in [3.05, 3.63) is 30.1 Å². The van der Waals surface area contributed by atoms with Crippen LogP contribution in [0.1, 0.15) is 26.0 Å². The van der Waals surface area contributed by atoms with Crippen molar-refractivity contribution in [1.29, 1.82) is 0 Å². The third kappa shape index (κ3) is 4.95. The number of hydrogen-bond donors (Lipinski definition) is 2. The fraction of sp³-hybridized carbons (Fsp3) is 0.462. The van der Waals surface area contributed by atoms with E-state index >= 15 is 0 Å². The lowest BCUT2D eigenvalue weighted by atomic mass is 10.1. The molecule has 0 spiro atoms. The summed E-state index contributed by atoms with van der Waals surface area (Å²) in [4.78, 5) is 27.0. The van der Waals surface area contributed by atoms with E-state index in [0.29, 0.717) is 12.5 Å². The van der Waals surface area contributed by atoms with E-state index < -0.39 is 11.8 Å². The molecule has 0 saturated heterocycles. The molecule has 0 fully saturated rings. The maximum Gasteiger partial charge on any atom is 0.309 e. The van der Waals surface area contributed by atoms with Crippen molar-refractivity contribution in [1.82, 2.24) is 15.6 Å². The largest absolute Gasteiger partial charge is 0.348 e. The van der Waals surface area contributed by atoms with Crippen molar-refractivity contribution in [2.24, 2.45) is 5.92 Å². The van der Waals surface area contributed by atoms with E-state index in [2.05, 4.69) is 15.6 Å². The number of hydrogen-bond acceptors (Lipinski definition) is 3. The van der Waals surface area contributed by atoms with Gasteiger partial charge in [-0.1, -0.05) is 26.3 Å². The minimum Gasteiger partial charge on any atom is -0.348 e. The maximum absolute atomic E-state index is 11.5. The minimum absolute atomic E-state index is 0.260. The molecule has 5 nitrogen and oxygen atoms in total. The molecule has 1 rings (SSSR count). The van der Waals surface area contributed by atoms with Crippen molar-refractivity contribution in [3.8, 4) is 0 Å². The first-order valence-corrected chi connectivity index (χ1v) is 6.09. The van der Waals surface area contributed by atoms with Gasteiger partial charge in [0, 0.05) is 12.7 Å². The Morgan fingerprint density at radius 2 is 2.00 bits per heavy atom. The predicted octanol–water partition coefficient (Wildman–Crippen LogP) is 0.860. The first-order valence-electron chi connectivity index (χ1n) is 6.09. The van der Waals surface area contributed by atoms with Crippen LogP contribution in [0.5, 0.6) is 0 Å². The Labute approximate surface area is 107 Å². The summed E-state index contributed by atoms with van der Waals surface area (Å²) in [7, 11) is 0. The molecule has 0 aliphatic rings. The summed E-state index contributed by atoms with van der Waals surface area (Å²) in [6.07, 6.45) is 2.61. The van der Waals surface area contributed by atoms with Crippen molar-refractivity contribution >= 4 is 11.8 Å². The number of rotatable bonds is 5. The number of amides is 2. The summed E-state index contributed by atoms with van der Waals surface area (Å²) < 4.78 is 0. The van der Waals surface area contributed by atoms with E-state index in [1.165, 1.54) is 0 Å². The van der Waals surface area contributed by atoms with Crippen LogP contribution in [-0.2, 0) is 16.1 Å². The molecule has 98 valence electrons. The summed E-state index contributed by atoms with van der Waals surface area (Å²) in [6.45, 7) is 4.84. The van der Waals surface area contributed by atoms with Crippen LogP contribution in [0.4, 0.5) is 0 Å². The summed E-state index contributed by atoms with van der Waals surface area (Å²) >= 11 is 0. The standard InChI is InChI=1S/C13H19N3O2/c1-3-10(2)8-15-12(17)13(18)16-9-11-6-4-5-7-14-11/h4-7,10H,3,8-9H2,1-2H3,(H,15,17)(H,16,18)/t10-/m1/s1. The van der Waals surface area contributed by atoms with Crippen molar-refractivity contribution in [2.45, 2.75) is 26.8 Å². The fourth-order valence-electron chi connectivity index (χ4n) is 1.25. The van der Waals surface area contributed by atoms with Crippen molar-refractivity contribution in [2.75, 3.05) is 6.54 Å². The second-order valence-corrected chi connectivity index (χ2v) is 4.23. The molecule has 2 N–H and O–H groups in total. The van der Waals surface area contributed by atoms with Crippen LogP contribution in [0.2, 0.25) is 0 Å². The van der Waals surface area contributed by atoms with Crippen LogP contribution in [0.25, 0.3) is 0 Å². The Balaban J connectivity index is 2.30. The van der Waals surface area contributed by atoms with Crippen LogP contribution >= 0.6 is 0 Å². The van der Waals surface area contributed by atoms with Crippen molar-refractivity contribution in [3.63, 3.8) is 0 Å². The normalized spacial score (nSPS) is 11.7. The van der Waals surface area contributed by atoms with E-state index in [1.807, 2.05) is 19.9 Å². The Morgan fingerprint density at radius 1 is 1.28 bits per heavy atom. The van der Waals surface area contributed by atoms with Gasteiger partial charge in [0.2, 0.25) is 0 Å². The molecule has 0 unspecified atom stereocenters. The molecule has 0 aromatic carbocycles. The van der Waals surface area contributed by atoms with Crippen LogP contribution in [-0.4, -0.2) is 23.3 Å². The number of aromatic nitrogens is 1. The zero-order chi connectivity index (χ0) is 13.4. The Hall–Kier alpha value is -1.91. The number of nitrogens with one attached hydrogen (secondary N) is 2. The van der Waals surface area contributed by atoms with E-state index in [9.17, 15) is 9.59 Å². The molecular formula is C13H19N3O2. The van der Waals surface area contributed by atoms with Gasteiger partial charge in [0.1, 0.15) is 0 Å². The zero-order valence-corrected chi connectivity index (χ0v) is 10.8. The topological polar surface area (TPSA) is 71.1 Å². The third-order valence-electron chi connectivity index (χ3n) is 2.67. The van der Waals surface area contributed by atoms with E-state index in [-0.39, 0.29) is 6.54 Å². The molecule has 1 atom stereocenters. The number of carbonyl (C=O) groups excluding carboxylic acids is 2. The quantitative estimate of drug-likeness (QED) is 0.760. The molecule has 1 heterocycles. The molecule has 1 aromatic heterocycles. The maximum atomic E-state index is 11.5. The van der Waals surface area contributed by atoms with Gasteiger partial charge in [-0.15, -0.1) is 0 Å². The molecule has 0 aliphatic heterocycles. The molecule has 0 saturated carbocycles. The second-order valence-electron chi connectivity index (χ2n) is 4.23. The molecule has 0 radical (unpaired) electrons. The summed E-state index contributed by atoms with van der Waals surface area (Å²) in [6, 6.07) is 5.42. The smallest absolute Gasteiger partial charge is 0.309 e. The predicted molar refractivity (Wildman–Crippen MR) is 68.5 cm³/mol. The van der Waals surface area contributed by atoms with Gasteiger partial charge in [-0.25, -0.2) is 0 Å². The van der Waals surface area contributed by atoms with Crippen LogP contribution in [0.15, 0.2) is 24.4 Å². The van der Waals surface area contributed by atoms with Crippen LogP contribution in [0, 0.1) is 5.92 Å². The van der Waals surface area contributed by atoms with Gasteiger partial charge >= 0.3 is 11.8 Å². The van der Waals surface area contributed by atoms with Gasteiger partial charge in [0.15, 0.2) is 0 Å². The van der Waals surface area contributed by atoms with Gasteiger partial charge < -0.3 is 10.6 Å². The highest BCUT2D eigenvalue weighted by Crippen LogP contribution is 1.97. The lowest BCUT2D eigenvalue weighted by Gasteiger charge is -2.10. The Kier molecular flexibility index (Phi) is 5.84. The molecule has 2 amide bonds. The molecule has 0 aliphatic carbocycles. The summed E-state index contributed by atoms with van der Waals surface area (Å²) in [5, 5.41) is 5.12. The zero-order valence-electron chi connectivity index (χ0n) is 10.8. The Morgan fingerprint density at radius 3 is 2.61 bits per heavy atom. The van der Waals surface area contributed by atoms with E-state index in [1.54, 1.807) is 18.3 Å². The molecule has 18 heavy (non-hydrogen) atoms. The van der Waals surface area contributed by atoms with E-state index in [0.717, 1.165) is 12.1 Å². The average Bonchev–Trinajstić information content (AvgIpc) is 2.42. The van der Waals surface area contributed by atoms with Gasteiger partial charge in [-0.2, -0.15) is 0 Å².